The standard InChI is InChI=1S/C22H30N4O3/c1-3-5-9-25-13-15-10-16(14-25)19(26-18(15)7-6-8-21(26)27)12-23-22(28)20-11-17(4-2)24-29-20/h6-8,11,15-16,19H,3-5,9-10,12-14H2,1-2H3,(H,23,28)/t15-,16+,19+/m1/s1. The number of carbonyl (C=O) groups excluding carboxylic acids is 1. The topological polar surface area (TPSA) is 80.4 Å². The van der Waals surface area contributed by atoms with Crippen LogP contribution in [0.2, 0.25) is 0 Å². The lowest BCUT2D eigenvalue weighted by atomic mass is 9.78. The molecule has 156 valence electrons. The number of aromatic nitrogens is 2. The summed E-state index contributed by atoms with van der Waals surface area (Å²) in [4.78, 5) is 27.8. The Hall–Kier alpha value is -2.41. The van der Waals surface area contributed by atoms with Gasteiger partial charge in [0.2, 0.25) is 5.76 Å². The lowest BCUT2D eigenvalue weighted by molar-refractivity contribution is 0.0796. The molecule has 0 radical (unpaired) electrons. The number of rotatable bonds is 7. The molecule has 1 fully saturated rings. The fourth-order valence-corrected chi connectivity index (χ4v) is 4.83. The summed E-state index contributed by atoms with van der Waals surface area (Å²) in [7, 11) is 0. The number of piperidine rings is 1. The smallest absolute Gasteiger partial charge is 0.289 e. The van der Waals surface area contributed by atoms with Gasteiger partial charge in [-0.25, -0.2) is 0 Å². The Morgan fingerprint density at radius 3 is 2.93 bits per heavy atom. The van der Waals surface area contributed by atoms with Gasteiger partial charge >= 0.3 is 0 Å². The summed E-state index contributed by atoms with van der Waals surface area (Å²) in [6.07, 6.45) is 4.15. The Morgan fingerprint density at radius 1 is 1.31 bits per heavy atom. The number of likely N-dealkylation sites (tertiary alicyclic amines) is 1. The highest BCUT2D eigenvalue weighted by atomic mass is 16.5. The van der Waals surface area contributed by atoms with E-state index in [1.165, 1.54) is 12.8 Å². The van der Waals surface area contributed by atoms with Crippen LogP contribution in [0.1, 0.15) is 67.0 Å². The molecular formula is C22H30N4O3. The number of unbranched alkanes of at least 4 members (excludes halogenated alkanes) is 1. The molecule has 0 spiro atoms. The third-order valence-corrected chi connectivity index (χ3v) is 6.32. The largest absolute Gasteiger partial charge is 0.351 e. The van der Waals surface area contributed by atoms with Gasteiger partial charge in [-0.15, -0.1) is 0 Å². The first kappa shape index (κ1) is 19.9. The Morgan fingerprint density at radius 2 is 2.17 bits per heavy atom. The third-order valence-electron chi connectivity index (χ3n) is 6.32. The lowest BCUT2D eigenvalue weighted by Gasteiger charge is -2.47. The number of hydrogen-bond acceptors (Lipinski definition) is 5. The first-order valence-electron chi connectivity index (χ1n) is 10.8. The van der Waals surface area contributed by atoms with Crippen LogP contribution in [0.5, 0.6) is 0 Å². The number of nitrogens with zero attached hydrogens (tertiary/aromatic N) is 3. The molecule has 2 aromatic rings. The molecule has 0 aromatic carbocycles. The zero-order valence-electron chi connectivity index (χ0n) is 17.3. The Kier molecular flexibility index (Phi) is 5.85. The van der Waals surface area contributed by atoms with Crippen LogP contribution in [0.15, 0.2) is 33.6 Å². The van der Waals surface area contributed by atoms with E-state index in [0.717, 1.165) is 43.9 Å². The summed E-state index contributed by atoms with van der Waals surface area (Å²) in [6, 6.07) is 7.19. The van der Waals surface area contributed by atoms with Crippen LogP contribution < -0.4 is 10.9 Å². The monoisotopic (exact) mass is 398 g/mol. The van der Waals surface area contributed by atoms with E-state index in [2.05, 4.69) is 28.4 Å². The van der Waals surface area contributed by atoms with Gasteiger partial charge in [0.25, 0.3) is 11.5 Å². The van der Waals surface area contributed by atoms with E-state index in [1.807, 2.05) is 17.6 Å². The van der Waals surface area contributed by atoms with Crippen molar-refractivity contribution < 1.29 is 9.32 Å². The zero-order valence-corrected chi connectivity index (χ0v) is 17.3. The minimum Gasteiger partial charge on any atom is -0.351 e. The van der Waals surface area contributed by atoms with E-state index in [1.54, 1.807) is 12.1 Å². The van der Waals surface area contributed by atoms with Crippen LogP contribution in [-0.2, 0) is 6.42 Å². The van der Waals surface area contributed by atoms with Crippen molar-refractivity contribution in [3.8, 4) is 0 Å². The van der Waals surface area contributed by atoms with E-state index in [4.69, 9.17) is 4.52 Å². The molecule has 4 heterocycles. The summed E-state index contributed by atoms with van der Waals surface area (Å²) < 4.78 is 7.08. The first-order valence-corrected chi connectivity index (χ1v) is 10.8. The van der Waals surface area contributed by atoms with Crippen LogP contribution in [0, 0.1) is 5.92 Å². The van der Waals surface area contributed by atoms with Gasteiger partial charge in [0, 0.05) is 43.4 Å². The van der Waals surface area contributed by atoms with Crippen molar-refractivity contribution in [3.05, 3.63) is 51.8 Å². The molecule has 7 nitrogen and oxygen atoms in total. The SMILES string of the molecule is CCCCN1C[C@H]2C[C@@H](C1)[C@H](CNC(=O)c1cc(CC)no1)n1c2cccc1=O. The van der Waals surface area contributed by atoms with Crippen molar-refractivity contribution in [1.82, 2.24) is 19.9 Å². The predicted molar refractivity (Wildman–Crippen MR) is 110 cm³/mol. The minimum atomic E-state index is -0.275. The maximum absolute atomic E-state index is 12.7. The van der Waals surface area contributed by atoms with Crippen molar-refractivity contribution in [2.45, 2.75) is 51.5 Å². The van der Waals surface area contributed by atoms with Crippen LogP contribution in [0.4, 0.5) is 0 Å². The van der Waals surface area contributed by atoms with Crippen LogP contribution in [0.25, 0.3) is 0 Å². The van der Waals surface area contributed by atoms with E-state index in [9.17, 15) is 9.59 Å². The van der Waals surface area contributed by atoms with E-state index >= 15 is 0 Å². The molecule has 4 rings (SSSR count). The number of fused-ring (bicyclic) bond motifs is 4. The molecule has 1 saturated heterocycles. The predicted octanol–water partition coefficient (Wildman–Crippen LogP) is 2.59. The summed E-state index contributed by atoms with van der Waals surface area (Å²) in [5.74, 6) is 0.681. The summed E-state index contributed by atoms with van der Waals surface area (Å²) in [5, 5.41) is 6.88. The molecule has 0 unspecified atom stereocenters. The van der Waals surface area contributed by atoms with Crippen molar-refractivity contribution in [1.29, 1.82) is 0 Å². The van der Waals surface area contributed by atoms with Crippen molar-refractivity contribution in [2.75, 3.05) is 26.2 Å². The third kappa shape index (κ3) is 4.01. The second-order valence-electron chi connectivity index (χ2n) is 8.28. The van der Waals surface area contributed by atoms with Crippen molar-refractivity contribution >= 4 is 5.91 Å². The maximum Gasteiger partial charge on any atom is 0.289 e. The Labute approximate surface area is 171 Å². The average molecular weight is 399 g/mol. The lowest BCUT2D eigenvalue weighted by Crippen LogP contribution is -2.52. The van der Waals surface area contributed by atoms with Gasteiger partial charge in [0.05, 0.1) is 11.7 Å². The average Bonchev–Trinajstić information content (AvgIpc) is 3.22. The molecule has 1 N–H and O–H groups in total. The molecule has 3 atom stereocenters. The van der Waals surface area contributed by atoms with Gasteiger partial charge in [-0.1, -0.05) is 31.5 Å². The highest BCUT2D eigenvalue weighted by Crippen LogP contribution is 2.40. The van der Waals surface area contributed by atoms with E-state index in [0.29, 0.717) is 18.4 Å². The Bertz CT molecular complexity index is 919. The fraction of sp³-hybridized carbons (Fsp3) is 0.591. The van der Waals surface area contributed by atoms with Gasteiger partial charge in [-0.05, 0) is 37.8 Å². The summed E-state index contributed by atoms with van der Waals surface area (Å²) in [6.45, 7) is 7.67. The molecule has 0 aliphatic carbocycles. The molecule has 1 amide bonds. The number of aryl methyl sites for hydroxylation is 1. The summed E-state index contributed by atoms with van der Waals surface area (Å²) in [5.41, 5.74) is 1.88. The molecule has 2 bridgehead atoms. The van der Waals surface area contributed by atoms with Gasteiger partial charge in [-0.2, -0.15) is 0 Å². The van der Waals surface area contributed by atoms with Crippen molar-refractivity contribution in [2.24, 2.45) is 5.92 Å². The van der Waals surface area contributed by atoms with Crippen LogP contribution in [0.3, 0.4) is 0 Å². The van der Waals surface area contributed by atoms with Gasteiger partial charge < -0.3 is 19.3 Å². The molecule has 2 aliphatic rings. The fourth-order valence-electron chi connectivity index (χ4n) is 4.83. The number of amides is 1. The minimum absolute atomic E-state index is 0.0198. The molecule has 7 heteroatoms. The van der Waals surface area contributed by atoms with E-state index in [-0.39, 0.29) is 23.3 Å². The number of hydrogen-bond donors (Lipinski definition) is 1. The highest BCUT2D eigenvalue weighted by molar-refractivity contribution is 5.91. The maximum atomic E-state index is 12.7. The Balaban J connectivity index is 1.55. The number of nitrogens with one attached hydrogen (secondary N) is 1. The normalized spacial score (nSPS) is 23.6. The zero-order chi connectivity index (χ0) is 20.4. The molecule has 0 saturated carbocycles. The molecular weight excluding hydrogens is 368 g/mol. The van der Waals surface area contributed by atoms with E-state index < -0.39 is 0 Å². The molecule has 29 heavy (non-hydrogen) atoms. The van der Waals surface area contributed by atoms with Crippen LogP contribution in [-0.4, -0.2) is 46.7 Å². The van der Waals surface area contributed by atoms with Crippen molar-refractivity contribution in [3.63, 3.8) is 0 Å². The number of carbonyl (C=O) groups is 1. The van der Waals surface area contributed by atoms with Gasteiger partial charge in [-0.3, -0.25) is 9.59 Å². The highest BCUT2D eigenvalue weighted by Gasteiger charge is 2.40. The number of pyridine rings is 1. The second-order valence-corrected chi connectivity index (χ2v) is 8.28. The first-order chi connectivity index (χ1) is 14.1. The molecule has 2 aromatic heterocycles. The quantitative estimate of drug-likeness (QED) is 0.775. The van der Waals surface area contributed by atoms with Crippen LogP contribution >= 0.6 is 0 Å². The van der Waals surface area contributed by atoms with Gasteiger partial charge in [0.15, 0.2) is 0 Å². The molecule has 2 aliphatic heterocycles. The van der Waals surface area contributed by atoms with Gasteiger partial charge in [0.1, 0.15) is 0 Å². The summed E-state index contributed by atoms with van der Waals surface area (Å²) >= 11 is 0. The second kappa shape index (κ2) is 8.53.